The zero-order valence-corrected chi connectivity index (χ0v) is 14.8. The summed E-state index contributed by atoms with van der Waals surface area (Å²) in [5, 5.41) is 7.96. The maximum Gasteiger partial charge on any atom is 0.283 e. The predicted molar refractivity (Wildman–Crippen MR) is 89.1 cm³/mol. The molecule has 3 heterocycles. The molecule has 3 aromatic rings. The van der Waals surface area contributed by atoms with E-state index >= 15 is 0 Å². The van der Waals surface area contributed by atoms with Crippen LogP contribution in [0, 0.1) is 11.6 Å². The lowest BCUT2D eigenvalue weighted by Crippen LogP contribution is -2.38. The first-order chi connectivity index (χ1) is 12.9. The molecule has 2 aromatic heterocycles. The SMILES string of the molecule is O=S(=O)(c1cc(F)cc(F)c1)N1CCC(c2nnc(-c3ccco3)o2)CC1. The quantitative estimate of drug-likeness (QED) is 0.674. The molecule has 0 aliphatic carbocycles. The van der Waals surface area contributed by atoms with Crippen molar-refractivity contribution in [1.29, 1.82) is 0 Å². The Morgan fingerprint density at radius 1 is 1.07 bits per heavy atom. The summed E-state index contributed by atoms with van der Waals surface area (Å²) >= 11 is 0. The van der Waals surface area contributed by atoms with E-state index in [1.165, 1.54) is 10.6 Å². The van der Waals surface area contributed by atoms with Crippen LogP contribution in [0.3, 0.4) is 0 Å². The first-order valence-corrected chi connectivity index (χ1v) is 9.71. The minimum Gasteiger partial charge on any atom is -0.459 e. The van der Waals surface area contributed by atoms with Crippen molar-refractivity contribution in [3.8, 4) is 11.7 Å². The number of hydrogen-bond acceptors (Lipinski definition) is 6. The van der Waals surface area contributed by atoms with Gasteiger partial charge in [0.15, 0.2) is 5.76 Å². The second kappa shape index (κ2) is 6.86. The minimum atomic E-state index is -3.97. The van der Waals surface area contributed by atoms with Gasteiger partial charge in [-0.1, -0.05) is 0 Å². The number of hydrogen-bond donors (Lipinski definition) is 0. The molecule has 1 fully saturated rings. The number of benzene rings is 1. The minimum absolute atomic E-state index is 0.100. The van der Waals surface area contributed by atoms with Gasteiger partial charge in [-0.25, -0.2) is 17.2 Å². The van der Waals surface area contributed by atoms with Crippen molar-refractivity contribution >= 4 is 10.0 Å². The first kappa shape index (κ1) is 17.8. The molecule has 0 N–H and O–H groups in total. The summed E-state index contributed by atoms with van der Waals surface area (Å²) in [6.45, 7) is 0.368. The van der Waals surface area contributed by atoms with Gasteiger partial charge in [0, 0.05) is 25.1 Å². The third-order valence-corrected chi connectivity index (χ3v) is 6.33. The third-order valence-electron chi connectivity index (χ3n) is 4.45. The van der Waals surface area contributed by atoms with Crippen LogP contribution < -0.4 is 0 Å². The highest BCUT2D eigenvalue weighted by Crippen LogP contribution is 2.31. The summed E-state index contributed by atoms with van der Waals surface area (Å²) in [5.74, 6) is -0.825. The van der Waals surface area contributed by atoms with Gasteiger partial charge >= 0.3 is 0 Å². The van der Waals surface area contributed by atoms with Gasteiger partial charge in [-0.3, -0.25) is 0 Å². The number of furan rings is 1. The molecule has 0 atom stereocenters. The number of rotatable bonds is 4. The van der Waals surface area contributed by atoms with Crippen LogP contribution in [0.15, 0.2) is 50.3 Å². The molecule has 0 spiro atoms. The Morgan fingerprint density at radius 3 is 2.41 bits per heavy atom. The van der Waals surface area contributed by atoms with Crippen molar-refractivity contribution < 1.29 is 26.0 Å². The van der Waals surface area contributed by atoms with Gasteiger partial charge in [0.2, 0.25) is 15.9 Å². The zero-order valence-electron chi connectivity index (χ0n) is 14.0. The Morgan fingerprint density at radius 2 is 1.78 bits per heavy atom. The van der Waals surface area contributed by atoms with E-state index in [2.05, 4.69) is 10.2 Å². The molecule has 7 nitrogen and oxygen atoms in total. The van der Waals surface area contributed by atoms with Crippen molar-refractivity contribution in [2.45, 2.75) is 23.7 Å². The average molecular weight is 395 g/mol. The zero-order chi connectivity index (χ0) is 19.0. The van der Waals surface area contributed by atoms with E-state index in [0.717, 1.165) is 12.1 Å². The summed E-state index contributed by atoms with van der Waals surface area (Å²) in [4.78, 5) is -0.392. The molecule has 0 bridgehead atoms. The molecule has 0 radical (unpaired) electrons. The third kappa shape index (κ3) is 3.50. The Hall–Kier alpha value is -2.59. The monoisotopic (exact) mass is 395 g/mol. The molecule has 4 rings (SSSR count). The average Bonchev–Trinajstić information content (AvgIpc) is 3.32. The molecule has 10 heteroatoms. The summed E-state index contributed by atoms with van der Waals surface area (Å²) < 4.78 is 64.0. The second-order valence-electron chi connectivity index (χ2n) is 6.21. The van der Waals surface area contributed by atoms with Crippen molar-refractivity contribution in [2.75, 3.05) is 13.1 Å². The summed E-state index contributed by atoms with van der Waals surface area (Å²) in [7, 11) is -3.97. The van der Waals surface area contributed by atoms with Crippen molar-refractivity contribution in [3.05, 3.63) is 54.1 Å². The largest absolute Gasteiger partial charge is 0.459 e. The van der Waals surface area contributed by atoms with Crippen LogP contribution in [0.5, 0.6) is 0 Å². The molecule has 1 aromatic carbocycles. The standard InChI is InChI=1S/C17H15F2N3O4S/c18-12-8-13(19)10-14(9-12)27(23,24)22-5-3-11(4-6-22)16-20-21-17(26-16)15-2-1-7-25-15/h1-2,7-11H,3-6H2. The van der Waals surface area contributed by atoms with E-state index in [9.17, 15) is 17.2 Å². The summed E-state index contributed by atoms with van der Waals surface area (Å²) in [6, 6.07) is 5.68. The predicted octanol–water partition coefficient (Wildman–Crippen LogP) is 3.18. The molecule has 0 unspecified atom stereocenters. The van der Waals surface area contributed by atoms with Crippen LogP contribution in [0.4, 0.5) is 8.78 Å². The van der Waals surface area contributed by atoms with Gasteiger partial charge in [-0.15, -0.1) is 10.2 Å². The van der Waals surface area contributed by atoms with Gasteiger partial charge in [0.25, 0.3) is 5.89 Å². The number of sulfonamides is 1. The van der Waals surface area contributed by atoms with E-state index in [-0.39, 0.29) is 24.9 Å². The molecule has 1 aliphatic rings. The number of aromatic nitrogens is 2. The van der Waals surface area contributed by atoms with E-state index in [1.54, 1.807) is 12.1 Å². The normalized spacial score (nSPS) is 16.7. The van der Waals surface area contributed by atoms with Crippen LogP contribution in [0.1, 0.15) is 24.7 Å². The van der Waals surface area contributed by atoms with Crippen molar-refractivity contribution in [3.63, 3.8) is 0 Å². The second-order valence-corrected chi connectivity index (χ2v) is 8.14. The lowest BCUT2D eigenvalue weighted by molar-refractivity contribution is 0.290. The molecular formula is C17H15F2N3O4S. The molecule has 1 aliphatic heterocycles. The van der Waals surface area contributed by atoms with Crippen LogP contribution in [0.25, 0.3) is 11.7 Å². The van der Waals surface area contributed by atoms with Gasteiger partial charge in [0.05, 0.1) is 11.2 Å². The van der Waals surface area contributed by atoms with Gasteiger partial charge in [-0.2, -0.15) is 4.31 Å². The van der Waals surface area contributed by atoms with Crippen LogP contribution in [0.2, 0.25) is 0 Å². The topological polar surface area (TPSA) is 89.4 Å². The van der Waals surface area contributed by atoms with Crippen LogP contribution in [-0.4, -0.2) is 36.0 Å². The molecule has 1 saturated heterocycles. The molecule has 0 saturated carbocycles. The molecular weight excluding hydrogens is 380 g/mol. The number of piperidine rings is 1. The maximum absolute atomic E-state index is 13.4. The molecule has 27 heavy (non-hydrogen) atoms. The number of nitrogens with zero attached hydrogens (tertiary/aromatic N) is 3. The summed E-state index contributed by atoms with van der Waals surface area (Å²) in [5.41, 5.74) is 0. The van der Waals surface area contributed by atoms with Crippen LogP contribution in [-0.2, 0) is 10.0 Å². The molecule has 142 valence electrons. The number of halogens is 2. The van der Waals surface area contributed by atoms with E-state index in [0.29, 0.717) is 30.6 Å². The Kier molecular flexibility index (Phi) is 4.52. The Bertz CT molecular complexity index is 1020. The van der Waals surface area contributed by atoms with Gasteiger partial charge < -0.3 is 8.83 Å². The first-order valence-electron chi connectivity index (χ1n) is 8.27. The van der Waals surface area contributed by atoms with Gasteiger partial charge in [0.1, 0.15) is 11.6 Å². The highest BCUT2D eigenvalue weighted by atomic mass is 32.2. The highest BCUT2D eigenvalue weighted by molar-refractivity contribution is 7.89. The van der Waals surface area contributed by atoms with Crippen LogP contribution >= 0.6 is 0 Å². The Balaban J connectivity index is 1.47. The smallest absolute Gasteiger partial charge is 0.283 e. The van der Waals surface area contributed by atoms with E-state index in [1.807, 2.05) is 0 Å². The fourth-order valence-corrected chi connectivity index (χ4v) is 4.58. The molecule has 0 amide bonds. The lowest BCUT2D eigenvalue weighted by Gasteiger charge is -2.29. The van der Waals surface area contributed by atoms with Crippen molar-refractivity contribution in [2.24, 2.45) is 0 Å². The van der Waals surface area contributed by atoms with Gasteiger partial charge in [-0.05, 0) is 37.1 Å². The fourth-order valence-electron chi connectivity index (χ4n) is 3.07. The Labute approximate surface area is 153 Å². The van der Waals surface area contributed by atoms with Crippen molar-refractivity contribution in [1.82, 2.24) is 14.5 Å². The fraction of sp³-hybridized carbons (Fsp3) is 0.294. The maximum atomic E-state index is 13.4. The lowest BCUT2D eigenvalue weighted by atomic mass is 9.98. The highest BCUT2D eigenvalue weighted by Gasteiger charge is 2.32. The van der Waals surface area contributed by atoms with E-state index < -0.39 is 26.6 Å². The van der Waals surface area contributed by atoms with E-state index in [4.69, 9.17) is 8.83 Å². The summed E-state index contributed by atoms with van der Waals surface area (Å²) in [6.07, 6.45) is 2.41.